The maximum absolute atomic E-state index is 6.93. The third-order valence-corrected chi connectivity index (χ3v) is 18.3. The Bertz CT molecular complexity index is 4140. The number of benzene rings is 4. The van der Waals surface area contributed by atoms with Crippen molar-refractivity contribution in [2.75, 3.05) is 13.2 Å². The van der Waals surface area contributed by atoms with E-state index in [0.29, 0.717) is 13.2 Å². The second-order valence-electron chi connectivity index (χ2n) is 24.7. The minimum absolute atomic E-state index is 0.187. The molecule has 6 N–H and O–H groups in total. The van der Waals surface area contributed by atoms with Crippen molar-refractivity contribution in [1.82, 2.24) is 39.9 Å². The van der Waals surface area contributed by atoms with Crippen LogP contribution in [0.1, 0.15) is 131 Å². The molecule has 88 heavy (non-hydrogen) atoms. The van der Waals surface area contributed by atoms with E-state index in [1.807, 2.05) is 24.8 Å². The van der Waals surface area contributed by atoms with Crippen molar-refractivity contribution in [2.24, 2.45) is 0 Å². The van der Waals surface area contributed by atoms with Crippen LogP contribution in [0, 0.1) is 41.5 Å². The van der Waals surface area contributed by atoms with Crippen molar-refractivity contribution in [2.45, 2.75) is 105 Å². The highest BCUT2D eigenvalue weighted by Gasteiger charge is 2.32. The van der Waals surface area contributed by atoms with Gasteiger partial charge in [0, 0.05) is 114 Å². The molecular formula is C78H78N8O2. The highest BCUT2D eigenvalue weighted by atomic mass is 16.5. The van der Waals surface area contributed by atoms with Crippen LogP contribution in [-0.2, 0) is 10.8 Å². The summed E-state index contributed by atoms with van der Waals surface area (Å²) >= 11 is 0. The van der Waals surface area contributed by atoms with Crippen molar-refractivity contribution in [1.29, 1.82) is 0 Å². The van der Waals surface area contributed by atoms with Gasteiger partial charge in [-0.15, -0.1) is 0 Å². The summed E-state index contributed by atoms with van der Waals surface area (Å²) < 4.78 is 13.9. The van der Waals surface area contributed by atoms with Crippen molar-refractivity contribution < 1.29 is 9.47 Å². The summed E-state index contributed by atoms with van der Waals surface area (Å²) in [6.07, 6.45) is 22.4. The van der Waals surface area contributed by atoms with Crippen LogP contribution in [0.3, 0.4) is 0 Å². The van der Waals surface area contributed by atoms with Crippen LogP contribution in [0.2, 0.25) is 0 Å². The number of aromatic nitrogens is 8. The predicted octanol–water partition coefficient (Wildman–Crippen LogP) is 19.6. The van der Waals surface area contributed by atoms with Gasteiger partial charge in [-0.1, -0.05) is 71.8 Å². The molecule has 13 rings (SSSR count). The van der Waals surface area contributed by atoms with Gasteiger partial charge < -0.3 is 39.4 Å². The average molecular weight is 1160 g/mol. The lowest BCUT2D eigenvalue weighted by Crippen LogP contribution is -2.25. The van der Waals surface area contributed by atoms with Crippen LogP contribution in [0.5, 0.6) is 11.5 Å². The Hall–Kier alpha value is -9.80. The van der Waals surface area contributed by atoms with Gasteiger partial charge in [0.05, 0.1) is 36.0 Å². The Labute approximate surface area is 516 Å². The highest BCUT2D eigenvalue weighted by Crippen LogP contribution is 2.45. The van der Waals surface area contributed by atoms with Gasteiger partial charge >= 0.3 is 0 Å². The zero-order valence-corrected chi connectivity index (χ0v) is 51.8. The maximum Gasteiger partial charge on any atom is 0.127 e. The SMILES string of the molecule is Cc1cc(C)c(-c2c3nc(c(-c4ccccc4OCCCCC(C)(c4ccc[nH]4)c4ccc[nH]4)c4ccc([nH]4)c(-c4c(C)cc(C)cc4C)c4nc(c(-c5ccccc5OCCCCC(C)(c5ccc[nH]5)c5ccc[nH]5)c5ccc2[nH]5)C=C4)C=C3)c(C)c1. The molecule has 0 aliphatic carbocycles. The Morgan fingerprint density at radius 2 is 0.670 bits per heavy atom. The summed E-state index contributed by atoms with van der Waals surface area (Å²) in [4.78, 5) is 33.5. The minimum Gasteiger partial charge on any atom is -0.493 e. The number of aryl methyl sites for hydroxylation is 6. The van der Waals surface area contributed by atoms with Crippen LogP contribution in [0.25, 0.3) is 90.9 Å². The number of unbranched alkanes of at least 4 members (excludes halogenated alkanes) is 2. The first-order valence-corrected chi connectivity index (χ1v) is 31.2. The number of para-hydroxylation sites is 2. The van der Waals surface area contributed by atoms with E-state index in [-0.39, 0.29) is 10.8 Å². The third kappa shape index (κ3) is 11.0. The molecule has 0 unspecified atom stereocenters. The molecule has 7 aromatic heterocycles. The smallest absolute Gasteiger partial charge is 0.127 e. The molecule has 0 saturated heterocycles. The van der Waals surface area contributed by atoms with Gasteiger partial charge in [0.2, 0.25) is 0 Å². The minimum atomic E-state index is -0.187. The van der Waals surface area contributed by atoms with Gasteiger partial charge in [0.15, 0.2) is 0 Å². The number of rotatable bonds is 20. The average Bonchev–Trinajstić information content (AvgIpc) is 1.87. The van der Waals surface area contributed by atoms with Crippen LogP contribution in [0.15, 0.2) is 170 Å². The Balaban J connectivity index is 0.962. The molecule has 0 radical (unpaired) electrons. The molecule has 2 aliphatic rings. The van der Waals surface area contributed by atoms with Gasteiger partial charge in [-0.25, -0.2) is 9.97 Å². The van der Waals surface area contributed by atoms with Crippen molar-refractivity contribution >= 4 is 46.4 Å². The summed E-state index contributed by atoms with van der Waals surface area (Å²) in [6.45, 7) is 19.0. The van der Waals surface area contributed by atoms with Gasteiger partial charge in [-0.2, -0.15) is 0 Å². The number of nitrogens with zero attached hydrogens (tertiary/aromatic N) is 2. The van der Waals surface area contributed by atoms with E-state index in [9.17, 15) is 0 Å². The molecule has 0 amide bonds. The second-order valence-corrected chi connectivity index (χ2v) is 24.7. The topological polar surface area (TPSA) is 139 Å². The molecule has 10 heteroatoms. The maximum atomic E-state index is 6.93. The predicted molar refractivity (Wildman–Crippen MR) is 364 cm³/mol. The molecule has 0 fully saturated rings. The molecule has 0 spiro atoms. The molecule has 11 aromatic rings. The Kier molecular flexibility index (Phi) is 15.7. The molecule has 10 nitrogen and oxygen atoms in total. The number of hydrogen-bond acceptors (Lipinski definition) is 4. The first-order valence-electron chi connectivity index (χ1n) is 31.2. The van der Waals surface area contributed by atoms with Crippen molar-refractivity contribution in [3.05, 3.63) is 249 Å². The summed E-state index contributed by atoms with van der Waals surface area (Å²) in [7, 11) is 0. The van der Waals surface area contributed by atoms with Gasteiger partial charge in [0.1, 0.15) is 11.5 Å². The van der Waals surface area contributed by atoms with E-state index < -0.39 is 0 Å². The van der Waals surface area contributed by atoms with E-state index in [4.69, 9.17) is 19.4 Å². The van der Waals surface area contributed by atoms with E-state index in [1.165, 1.54) is 56.2 Å². The summed E-state index contributed by atoms with van der Waals surface area (Å²) in [5.41, 5.74) is 26.8. The van der Waals surface area contributed by atoms with E-state index in [1.54, 1.807) is 0 Å². The summed E-state index contributed by atoms with van der Waals surface area (Å²) in [5.74, 6) is 1.61. The lowest BCUT2D eigenvalue weighted by atomic mass is 9.79. The Morgan fingerprint density at radius 1 is 0.352 bits per heavy atom. The zero-order chi connectivity index (χ0) is 60.5. The van der Waals surface area contributed by atoms with Crippen LogP contribution in [-0.4, -0.2) is 53.1 Å². The van der Waals surface area contributed by atoms with E-state index in [0.717, 1.165) is 139 Å². The van der Waals surface area contributed by atoms with Crippen LogP contribution >= 0.6 is 0 Å². The fourth-order valence-electron chi connectivity index (χ4n) is 14.1. The number of ether oxygens (including phenoxy) is 2. The third-order valence-electron chi connectivity index (χ3n) is 18.3. The zero-order valence-electron chi connectivity index (χ0n) is 51.8. The molecule has 0 saturated carbocycles. The molecular weight excluding hydrogens is 1080 g/mol. The van der Waals surface area contributed by atoms with E-state index >= 15 is 0 Å². The molecule has 9 heterocycles. The van der Waals surface area contributed by atoms with Gasteiger partial charge in [-0.05, 0) is 237 Å². The second kappa shape index (κ2) is 24.2. The number of aromatic amines is 6. The fraction of sp³-hybridized carbons (Fsp3) is 0.231. The number of nitrogens with one attached hydrogen (secondary N) is 6. The standard InChI is InChI=1S/C78H78N8O2/c1-49-45-51(3)71(52(4)46-49)75-61-33-29-57(83-61)73(55-21-9-11-23-65(55)87-43-15-13-37-77(7,67-25-17-39-79-67)68-26-18-40-80-68)59-31-35-63(85-59)76(72-53(5)47-50(2)48-54(72)6)64-36-32-60(86-64)74(58-30-34-62(75)84-58)56-22-10-12-24-66(56)88-44-16-14-38-78(8,69-27-19-41-81-69)70-28-20-42-82-70/h9-12,17-36,39-42,45-48,79-83,86H,13-16,37-38,43-44H2,1-8H3. The highest BCUT2D eigenvalue weighted by molar-refractivity contribution is 6.02. The molecule has 4 aromatic carbocycles. The summed E-state index contributed by atoms with van der Waals surface area (Å²) in [5, 5.41) is 0. The van der Waals surface area contributed by atoms with Crippen LogP contribution in [0.4, 0.5) is 0 Å². The lowest BCUT2D eigenvalue weighted by Gasteiger charge is -2.28. The molecule has 0 atom stereocenters. The first-order chi connectivity index (χ1) is 42.8. The fourth-order valence-corrected chi connectivity index (χ4v) is 14.1. The Morgan fingerprint density at radius 3 is 1.00 bits per heavy atom. The number of hydrogen-bond donors (Lipinski definition) is 6. The largest absolute Gasteiger partial charge is 0.493 e. The normalized spacial score (nSPS) is 12.4. The quantitative estimate of drug-likeness (QED) is 0.0423. The molecule has 2 aliphatic heterocycles. The number of fused-ring (bicyclic) bond motifs is 8. The first kappa shape index (κ1) is 57.3. The lowest BCUT2D eigenvalue weighted by molar-refractivity contribution is 0.299. The summed E-state index contributed by atoms with van der Waals surface area (Å²) in [6, 6.07) is 52.0. The monoisotopic (exact) mass is 1160 g/mol. The van der Waals surface area contributed by atoms with E-state index in [2.05, 4.69) is 255 Å². The molecule has 8 bridgehead atoms. The van der Waals surface area contributed by atoms with Crippen LogP contribution < -0.4 is 9.47 Å². The van der Waals surface area contributed by atoms with Crippen molar-refractivity contribution in [3.8, 4) is 56.0 Å². The van der Waals surface area contributed by atoms with Crippen molar-refractivity contribution in [3.63, 3.8) is 0 Å². The van der Waals surface area contributed by atoms with Gasteiger partial charge in [0.25, 0.3) is 0 Å². The van der Waals surface area contributed by atoms with Gasteiger partial charge in [-0.3, -0.25) is 0 Å². The number of H-pyrrole nitrogens is 6. The molecule has 442 valence electrons.